The lowest BCUT2D eigenvalue weighted by atomic mass is 10.2. The van der Waals surface area contributed by atoms with Crippen LogP contribution >= 0.6 is 12.4 Å². The van der Waals surface area contributed by atoms with E-state index in [-0.39, 0.29) is 29.9 Å². The summed E-state index contributed by atoms with van der Waals surface area (Å²) in [4.78, 5) is 13.9. The molecule has 92 valence electrons. The predicted octanol–water partition coefficient (Wildman–Crippen LogP) is 0.574. The van der Waals surface area contributed by atoms with E-state index in [0.717, 1.165) is 19.4 Å². The van der Waals surface area contributed by atoms with E-state index < -0.39 is 0 Å². The highest BCUT2D eigenvalue weighted by Crippen LogP contribution is 2.41. The molecule has 2 aliphatic rings. The molecular weight excluding hydrogens is 228 g/mol. The highest BCUT2D eigenvalue weighted by Gasteiger charge is 2.49. The number of likely N-dealkylation sites (N-methyl/N-ethyl adjacent to an activating group) is 1. The summed E-state index contributed by atoms with van der Waals surface area (Å²) in [6, 6.07) is -0.135. The van der Waals surface area contributed by atoms with Crippen LogP contribution in [0.15, 0.2) is 12.2 Å². The minimum absolute atomic E-state index is 0. The molecule has 0 aromatic rings. The molecule has 1 aliphatic carbocycles. The normalized spacial score (nSPS) is 25.0. The van der Waals surface area contributed by atoms with Crippen LogP contribution < -0.4 is 5.32 Å². The van der Waals surface area contributed by atoms with Crippen LogP contribution in [0.3, 0.4) is 0 Å². The number of hydrogen-bond acceptors (Lipinski definition) is 3. The number of nitrogens with zero attached hydrogens (tertiary/aromatic N) is 1. The van der Waals surface area contributed by atoms with E-state index in [0.29, 0.717) is 6.61 Å². The monoisotopic (exact) mass is 246 g/mol. The molecule has 0 bridgehead atoms. The van der Waals surface area contributed by atoms with Gasteiger partial charge in [-0.3, -0.25) is 10.1 Å². The van der Waals surface area contributed by atoms with Crippen LogP contribution in [0.1, 0.15) is 12.8 Å². The maximum atomic E-state index is 12.1. The minimum Gasteiger partial charge on any atom is -0.382 e. The van der Waals surface area contributed by atoms with Gasteiger partial charge in [-0.05, 0) is 12.8 Å². The second-order valence-corrected chi connectivity index (χ2v) is 4.37. The van der Waals surface area contributed by atoms with Gasteiger partial charge in [0.15, 0.2) is 0 Å². The maximum Gasteiger partial charge on any atom is 0.243 e. The van der Waals surface area contributed by atoms with Gasteiger partial charge in [-0.2, -0.15) is 0 Å². The second kappa shape index (κ2) is 5.17. The lowest BCUT2D eigenvalue weighted by Gasteiger charge is -2.29. The number of rotatable bonds is 4. The molecule has 0 radical (unpaired) electrons. The van der Waals surface area contributed by atoms with Crippen molar-refractivity contribution in [2.24, 2.45) is 0 Å². The highest BCUT2D eigenvalue weighted by atomic mass is 35.5. The Bertz CT molecular complexity index is 290. The molecule has 4 nitrogen and oxygen atoms in total. The van der Waals surface area contributed by atoms with E-state index in [1.165, 1.54) is 0 Å². The fraction of sp³-hybridized carbons (Fsp3) is 0.727. The van der Waals surface area contributed by atoms with Gasteiger partial charge in [-0.1, -0.05) is 12.2 Å². The molecule has 0 aromatic carbocycles. The summed E-state index contributed by atoms with van der Waals surface area (Å²) >= 11 is 0. The van der Waals surface area contributed by atoms with E-state index in [1.54, 1.807) is 7.11 Å². The topological polar surface area (TPSA) is 41.6 Å². The van der Waals surface area contributed by atoms with Crippen LogP contribution in [0, 0.1) is 0 Å². The molecule has 16 heavy (non-hydrogen) atoms. The third kappa shape index (κ3) is 2.39. The zero-order valence-electron chi connectivity index (χ0n) is 9.73. The van der Waals surface area contributed by atoms with Gasteiger partial charge in [0.2, 0.25) is 5.91 Å². The Morgan fingerprint density at radius 1 is 1.62 bits per heavy atom. The smallest absolute Gasteiger partial charge is 0.243 e. The standard InChI is InChI=1S/C11H18N2O2.ClH/c1-13(11(5-6-11)8-15-2)10(14)9-4-3-7-12-9;/h3-4,9,12H,5-8H2,1-2H3;1H. The number of halogens is 1. The van der Waals surface area contributed by atoms with Crippen molar-refractivity contribution in [2.75, 3.05) is 27.3 Å². The van der Waals surface area contributed by atoms with Gasteiger partial charge < -0.3 is 9.64 Å². The predicted molar refractivity (Wildman–Crippen MR) is 64.8 cm³/mol. The number of ether oxygens (including phenoxy) is 1. The summed E-state index contributed by atoms with van der Waals surface area (Å²) in [5.41, 5.74) is -0.0239. The summed E-state index contributed by atoms with van der Waals surface area (Å²) in [5, 5.41) is 3.14. The van der Waals surface area contributed by atoms with Crippen LogP contribution in [-0.4, -0.2) is 49.7 Å². The van der Waals surface area contributed by atoms with Crippen molar-refractivity contribution in [1.29, 1.82) is 0 Å². The average Bonchev–Trinajstić information content (AvgIpc) is 2.82. The molecule has 1 fully saturated rings. The number of carbonyl (C=O) groups excluding carboxylic acids is 1. The van der Waals surface area contributed by atoms with E-state index >= 15 is 0 Å². The molecule has 0 aromatic heterocycles. The summed E-state index contributed by atoms with van der Waals surface area (Å²) in [6.07, 6.45) is 6.03. The summed E-state index contributed by atoms with van der Waals surface area (Å²) < 4.78 is 5.17. The first-order valence-electron chi connectivity index (χ1n) is 5.36. The van der Waals surface area contributed by atoms with Gasteiger partial charge >= 0.3 is 0 Å². The second-order valence-electron chi connectivity index (χ2n) is 4.37. The SMILES string of the molecule is COCC1(N(C)C(=O)C2C=CCN2)CC1.Cl. The molecule has 1 heterocycles. The quantitative estimate of drug-likeness (QED) is 0.738. The Labute approximate surface area is 102 Å². The van der Waals surface area contributed by atoms with Crippen molar-refractivity contribution in [3.05, 3.63) is 12.2 Å². The van der Waals surface area contributed by atoms with Gasteiger partial charge in [0, 0.05) is 20.7 Å². The number of hydrogen-bond donors (Lipinski definition) is 1. The summed E-state index contributed by atoms with van der Waals surface area (Å²) in [6.45, 7) is 1.44. The van der Waals surface area contributed by atoms with Gasteiger partial charge in [-0.25, -0.2) is 0 Å². The maximum absolute atomic E-state index is 12.1. The van der Waals surface area contributed by atoms with Crippen molar-refractivity contribution >= 4 is 18.3 Å². The zero-order chi connectivity index (χ0) is 10.9. The van der Waals surface area contributed by atoms with Crippen molar-refractivity contribution < 1.29 is 9.53 Å². The number of methoxy groups -OCH3 is 1. The number of amides is 1. The van der Waals surface area contributed by atoms with Crippen molar-refractivity contribution in [3.8, 4) is 0 Å². The first-order chi connectivity index (χ1) is 7.19. The Morgan fingerprint density at radius 3 is 2.75 bits per heavy atom. The molecule has 1 amide bonds. The highest BCUT2D eigenvalue weighted by molar-refractivity contribution is 5.85. The molecule has 1 unspecified atom stereocenters. The Hall–Kier alpha value is -0.580. The Kier molecular flexibility index (Phi) is 4.35. The van der Waals surface area contributed by atoms with Crippen LogP contribution in [-0.2, 0) is 9.53 Å². The minimum atomic E-state index is -0.135. The fourth-order valence-corrected chi connectivity index (χ4v) is 2.07. The van der Waals surface area contributed by atoms with Crippen molar-refractivity contribution in [3.63, 3.8) is 0 Å². The van der Waals surface area contributed by atoms with Crippen LogP contribution in [0.2, 0.25) is 0 Å². The largest absolute Gasteiger partial charge is 0.382 e. The summed E-state index contributed by atoms with van der Waals surface area (Å²) in [5.74, 6) is 0.151. The van der Waals surface area contributed by atoms with E-state index in [4.69, 9.17) is 4.74 Å². The first-order valence-corrected chi connectivity index (χ1v) is 5.36. The molecule has 2 rings (SSSR count). The molecule has 5 heteroatoms. The molecule has 0 saturated heterocycles. The van der Waals surface area contributed by atoms with Crippen LogP contribution in [0.5, 0.6) is 0 Å². The molecular formula is C11H19ClN2O2. The van der Waals surface area contributed by atoms with Crippen molar-refractivity contribution in [2.45, 2.75) is 24.4 Å². The Balaban J connectivity index is 0.00000128. The van der Waals surface area contributed by atoms with E-state index in [1.807, 2.05) is 24.1 Å². The molecule has 0 spiro atoms. The first kappa shape index (κ1) is 13.5. The van der Waals surface area contributed by atoms with Gasteiger partial charge in [-0.15, -0.1) is 12.4 Å². The van der Waals surface area contributed by atoms with Crippen LogP contribution in [0.25, 0.3) is 0 Å². The van der Waals surface area contributed by atoms with Crippen molar-refractivity contribution in [1.82, 2.24) is 10.2 Å². The summed E-state index contributed by atoms with van der Waals surface area (Å²) in [7, 11) is 3.56. The van der Waals surface area contributed by atoms with Gasteiger partial charge in [0.1, 0.15) is 6.04 Å². The molecule has 1 aliphatic heterocycles. The number of carbonyl (C=O) groups is 1. The van der Waals surface area contributed by atoms with E-state index in [9.17, 15) is 4.79 Å². The van der Waals surface area contributed by atoms with Gasteiger partial charge in [0.05, 0.1) is 12.1 Å². The third-order valence-electron chi connectivity index (χ3n) is 3.33. The molecule has 1 saturated carbocycles. The Morgan fingerprint density at radius 2 is 2.31 bits per heavy atom. The van der Waals surface area contributed by atoms with E-state index in [2.05, 4.69) is 5.32 Å². The number of nitrogens with one attached hydrogen (secondary N) is 1. The lowest BCUT2D eigenvalue weighted by Crippen LogP contribution is -2.49. The zero-order valence-corrected chi connectivity index (χ0v) is 10.5. The third-order valence-corrected chi connectivity index (χ3v) is 3.33. The average molecular weight is 247 g/mol. The van der Waals surface area contributed by atoms with Crippen LogP contribution in [0.4, 0.5) is 0 Å². The van der Waals surface area contributed by atoms with Gasteiger partial charge in [0.25, 0.3) is 0 Å². The molecule has 1 N–H and O–H groups in total. The lowest BCUT2D eigenvalue weighted by molar-refractivity contribution is -0.134. The fourth-order valence-electron chi connectivity index (χ4n) is 2.07. The molecule has 1 atom stereocenters.